The van der Waals surface area contributed by atoms with Crippen molar-refractivity contribution in [2.75, 3.05) is 39.4 Å². The van der Waals surface area contributed by atoms with E-state index in [9.17, 15) is 36.7 Å². The number of carboxylic acids is 1. The van der Waals surface area contributed by atoms with Crippen LogP contribution < -0.4 is 30.6 Å². The standard InChI is InChI=1S/C27H31FN4O4S.C23H22FNO3.C9H18N2O2.5H2/c1-17(2)16-36-23-13-20(12-21(28)14-23)25-9-8-24(26(30-25)19-6-4-18(3)5-7-19)27(33)31-37(34,35)32-11-10-22(29)15-32;1-14(2)13-28-19-11-17(10-18(24)12-19)21-9-8-20(23(26)27)22(25-21)16-6-4-15(3)5-7-16;1-9(2,3)13-8(12)11-7-4-5-10-6-7;;;;;/h4-9,12-14,17,22H,10-11,15-16,29H2,1-3H3,(H,31,33);4-12,14H,13H2,1-3H3,(H,26,27);7,10H,4-6H2,1-3H3,(H,11,12);5*1H/t22-;;7-;;;;;/m1.1...../s1. The third-order valence-electron chi connectivity index (χ3n) is 11.9. The molecule has 2 aromatic heterocycles. The first-order valence-corrected chi connectivity index (χ1v) is 27.3. The van der Waals surface area contributed by atoms with Crippen LogP contribution in [-0.4, -0.2) is 103 Å². The molecule has 2 fully saturated rings. The molecule has 0 bridgehead atoms. The summed E-state index contributed by atoms with van der Waals surface area (Å²) in [7, 11) is -4.07. The molecule has 6 aromatic rings. The number of carbonyl (C=O) groups is 3. The van der Waals surface area contributed by atoms with Gasteiger partial charge in [0.1, 0.15) is 28.7 Å². The molecule has 0 spiro atoms. The summed E-state index contributed by atoms with van der Waals surface area (Å²) >= 11 is 0. The van der Waals surface area contributed by atoms with Gasteiger partial charge in [-0.25, -0.2) is 33.1 Å². The number of aromatic carboxylic acids is 1. The minimum atomic E-state index is -4.07. The molecule has 16 nitrogen and oxygen atoms in total. The zero-order chi connectivity index (χ0) is 56.9. The van der Waals surface area contributed by atoms with Crippen LogP contribution in [0.2, 0.25) is 0 Å². The molecule has 8 rings (SSSR count). The molecule has 78 heavy (non-hydrogen) atoms. The lowest BCUT2D eigenvalue weighted by molar-refractivity contribution is 0.0507. The molecule has 0 unspecified atom stereocenters. The molecule has 2 amide bonds. The van der Waals surface area contributed by atoms with Crippen molar-refractivity contribution in [3.05, 3.63) is 143 Å². The van der Waals surface area contributed by atoms with Gasteiger partial charge in [0, 0.05) is 73.2 Å². The number of pyridine rings is 2. The van der Waals surface area contributed by atoms with Crippen LogP contribution in [0.25, 0.3) is 45.0 Å². The summed E-state index contributed by atoms with van der Waals surface area (Å²) in [5.74, 6) is -1.41. The predicted molar refractivity (Wildman–Crippen MR) is 309 cm³/mol. The first-order chi connectivity index (χ1) is 36.8. The smallest absolute Gasteiger partial charge is 0.407 e. The second-order valence-corrected chi connectivity index (χ2v) is 22.8. The first kappa shape index (κ1) is 59.9. The van der Waals surface area contributed by atoms with Crippen LogP contribution in [0, 0.1) is 37.3 Å². The maximum absolute atomic E-state index is 14.4. The highest BCUT2D eigenvalue weighted by Gasteiger charge is 2.32. The van der Waals surface area contributed by atoms with Crippen LogP contribution in [-0.2, 0) is 14.9 Å². The second-order valence-electron chi connectivity index (χ2n) is 21.2. The van der Waals surface area contributed by atoms with E-state index >= 15 is 0 Å². The molecule has 4 aromatic carbocycles. The lowest BCUT2D eigenvalue weighted by atomic mass is 10.0. The largest absolute Gasteiger partial charge is 0.493 e. The molecule has 2 aliphatic rings. The number of ether oxygens (including phenoxy) is 3. The molecule has 2 atom stereocenters. The Morgan fingerprint density at radius 1 is 0.744 bits per heavy atom. The fraction of sp³-hybridized carbons (Fsp3) is 0.373. The van der Waals surface area contributed by atoms with Crippen LogP contribution in [0.3, 0.4) is 0 Å². The third-order valence-corrected chi connectivity index (χ3v) is 13.4. The highest BCUT2D eigenvalue weighted by Crippen LogP contribution is 2.32. The number of carbonyl (C=O) groups excluding carboxylic acids is 2. The number of nitrogens with one attached hydrogen (secondary N) is 3. The molecular weight excluding hydrogens is 1020 g/mol. The molecular formula is C59H81F2N7O9S. The number of aryl methyl sites for hydroxylation is 2. The maximum atomic E-state index is 14.4. The summed E-state index contributed by atoms with van der Waals surface area (Å²) in [6, 6.07) is 29.7. The van der Waals surface area contributed by atoms with Gasteiger partial charge in [-0.15, -0.1) is 0 Å². The number of hydrogen-bond acceptors (Lipinski definition) is 12. The van der Waals surface area contributed by atoms with E-state index in [1.165, 1.54) is 36.4 Å². The van der Waals surface area contributed by atoms with E-state index in [-0.39, 0.29) is 61.1 Å². The Morgan fingerprint density at radius 2 is 1.23 bits per heavy atom. The van der Waals surface area contributed by atoms with E-state index < -0.39 is 39.3 Å². The van der Waals surface area contributed by atoms with Gasteiger partial charge < -0.3 is 35.7 Å². The minimum absolute atomic E-state index is 0. The van der Waals surface area contributed by atoms with Gasteiger partial charge in [0.2, 0.25) is 0 Å². The van der Waals surface area contributed by atoms with Gasteiger partial charge in [-0.2, -0.15) is 12.7 Å². The quantitative estimate of drug-likeness (QED) is 0.0646. The predicted octanol–water partition coefficient (Wildman–Crippen LogP) is 11.6. The number of nitrogens with zero attached hydrogens (tertiary/aromatic N) is 3. The Labute approximate surface area is 463 Å². The van der Waals surface area contributed by atoms with Gasteiger partial charge in [-0.3, -0.25) is 4.79 Å². The van der Waals surface area contributed by atoms with Gasteiger partial charge in [-0.1, -0.05) is 87.4 Å². The molecule has 0 aliphatic carbocycles. The van der Waals surface area contributed by atoms with Crippen molar-refractivity contribution in [2.24, 2.45) is 17.6 Å². The third kappa shape index (κ3) is 17.9. The summed E-state index contributed by atoms with van der Waals surface area (Å²) in [4.78, 5) is 45.3. The van der Waals surface area contributed by atoms with E-state index in [2.05, 4.69) is 25.3 Å². The van der Waals surface area contributed by atoms with Crippen molar-refractivity contribution in [3.8, 4) is 56.5 Å². The van der Waals surface area contributed by atoms with Gasteiger partial charge in [-0.05, 0) is 114 Å². The van der Waals surface area contributed by atoms with E-state index in [0.717, 1.165) is 34.9 Å². The number of amides is 2. The second kappa shape index (κ2) is 26.8. The summed E-state index contributed by atoms with van der Waals surface area (Å²) in [6.45, 7) is 20.6. The van der Waals surface area contributed by atoms with Crippen molar-refractivity contribution in [1.29, 1.82) is 0 Å². The number of aromatic nitrogens is 2. The zero-order valence-corrected chi connectivity index (χ0v) is 46.5. The molecule has 4 heterocycles. The monoisotopic (exact) mass is 1100 g/mol. The van der Waals surface area contributed by atoms with Crippen LogP contribution in [0.4, 0.5) is 13.6 Å². The highest BCUT2D eigenvalue weighted by atomic mass is 32.2. The number of nitrogens with two attached hydrogens (primary N) is 1. The molecule has 2 aliphatic heterocycles. The maximum Gasteiger partial charge on any atom is 0.407 e. The first-order valence-electron chi connectivity index (χ1n) is 25.9. The number of carboxylic acid groups (broad SMARTS) is 1. The zero-order valence-electron chi connectivity index (χ0n) is 45.7. The average Bonchev–Trinajstić information content (AvgIpc) is 4.12. The van der Waals surface area contributed by atoms with Crippen LogP contribution >= 0.6 is 0 Å². The van der Waals surface area contributed by atoms with E-state index in [1.54, 1.807) is 36.4 Å². The van der Waals surface area contributed by atoms with E-state index in [1.807, 2.05) is 98.7 Å². The van der Waals surface area contributed by atoms with Crippen LogP contribution in [0.5, 0.6) is 11.5 Å². The average molecular weight is 1100 g/mol. The number of benzene rings is 4. The molecule has 0 radical (unpaired) electrons. The van der Waals surface area contributed by atoms with Crippen molar-refractivity contribution < 1.29 is 58.0 Å². The van der Waals surface area contributed by atoms with Gasteiger partial charge in [0.25, 0.3) is 5.91 Å². The van der Waals surface area contributed by atoms with E-state index in [0.29, 0.717) is 76.4 Å². The fourth-order valence-corrected chi connectivity index (χ4v) is 9.24. The van der Waals surface area contributed by atoms with Gasteiger partial charge >= 0.3 is 22.3 Å². The summed E-state index contributed by atoms with van der Waals surface area (Å²) in [6.07, 6.45) is 1.19. The molecule has 0 saturated carbocycles. The molecule has 6 N–H and O–H groups in total. The summed E-state index contributed by atoms with van der Waals surface area (Å²) < 4.78 is 73.9. The lowest BCUT2D eigenvalue weighted by Crippen LogP contribution is -2.43. The summed E-state index contributed by atoms with van der Waals surface area (Å²) in [5.41, 5.74) is 11.5. The normalized spacial score (nSPS) is 15.4. The van der Waals surface area contributed by atoms with Crippen LogP contribution in [0.1, 0.15) is 100 Å². The van der Waals surface area contributed by atoms with Gasteiger partial charge in [0.05, 0.1) is 47.1 Å². The lowest BCUT2D eigenvalue weighted by Gasteiger charge is -2.21. The molecule has 426 valence electrons. The number of alkyl carbamates (subject to hydrolysis) is 1. The molecule has 2 saturated heterocycles. The Morgan fingerprint density at radius 3 is 1.65 bits per heavy atom. The Hall–Kier alpha value is -7.32. The summed E-state index contributed by atoms with van der Waals surface area (Å²) in [5, 5.41) is 15.5. The Bertz CT molecular complexity index is 3170. The van der Waals surface area contributed by atoms with Crippen molar-refractivity contribution >= 4 is 28.2 Å². The number of hydrogen-bond donors (Lipinski definition) is 5. The van der Waals surface area contributed by atoms with Crippen molar-refractivity contribution in [1.82, 2.24) is 29.6 Å². The SMILES string of the molecule is CC(C)(C)OC(=O)N[C@@H]1CCNC1.Cc1ccc(-c2nc(-c3cc(F)cc(OCC(C)C)c3)ccc2C(=O)NS(=O)(=O)N2CC[C@@H](N)C2)cc1.Cc1ccc(-c2nc(-c3cc(F)cc(OCC(C)C)c3)ccc2C(=O)O)cc1.[HH].[HH].[HH].[HH].[HH]. The van der Waals surface area contributed by atoms with Crippen molar-refractivity contribution in [2.45, 2.75) is 92.8 Å². The minimum Gasteiger partial charge on any atom is -0.493 e. The number of rotatable bonds is 15. The van der Waals surface area contributed by atoms with Crippen molar-refractivity contribution in [3.63, 3.8) is 0 Å². The van der Waals surface area contributed by atoms with Crippen LogP contribution in [0.15, 0.2) is 109 Å². The highest BCUT2D eigenvalue weighted by molar-refractivity contribution is 7.87. The Balaban J connectivity index is 0.000000664. The topological polar surface area (TPSA) is 224 Å². The molecule has 19 heteroatoms. The van der Waals surface area contributed by atoms with E-state index in [4.69, 9.17) is 19.9 Å². The Kier molecular flexibility index (Phi) is 20.6. The van der Waals surface area contributed by atoms with Gasteiger partial charge in [0.15, 0.2) is 0 Å². The number of halogens is 2. The fourth-order valence-electron chi connectivity index (χ4n) is 8.03.